The van der Waals surface area contributed by atoms with Gasteiger partial charge < -0.3 is 5.32 Å². The Morgan fingerprint density at radius 3 is 2.85 bits per heavy atom. The van der Waals surface area contributed by atoms with Crippen LogP contribution in [0, 0.1) is 24.0 Å². The van der Waals surface area contributed by atoms with E-state index in [0.29, 0.717) is 17.7 Å². The number of hydrogen-bond acceptors (Lipinski definition) is 5. The van der Waals surface area contributed by atoms with E-state index in [2.05, 4.69) is 23.3 Å². The molecule has 2 heterocycles. The molecule has 0 spiro atoms. The van der Waals surface area contributed by atoms with Crippen LogP contribution in [0.15, 0.2) is 23.7 Å². The van der Waals surface area contributed by atoms with Crippen molar-refractivity contribution in [3.8, 4) is 0 Å². The molecule has 106 valence electrons. The molecule has 0 radical (unpaired) electrons. The number of nitro groups is 1. The number of aromatic nitrogens is 1. The summed E-state index contributed by atoms with van der Waals surface area (Å²) in [5, 5.41) is 16.5. The van der Waals surface area contributed by atoms with E-state index in [1.165, 1.54) is 4.88 Å². The Kier molecular flexibility index (Phi) is 4.46. The van der Waals surface area contributed by atoms with Gasteiger partial charge >= 0.3 is 0 Å². The summed E-state index contributed by atoms with van der Waals surface area (Å²) in [5.41, 5.74) is 2.13. The zero-order chi connectivity index (χ0) is 14.7. The molecule has 0 aromatic carbocycles. The number of nitrogens with zero attached hydrogens (tertiary/aromatic N) is 2. The zero-order valence-electron chi connectivity index (χ0n) is 11.7. The summed E-state index contributed by atoms with van der Waals surface area (Å²) in [6.07, 6.45) is 1.57. The number of aryl methyl sites for hydroxylation is 1. The smallest absolute Gasteiger partial charge is 0.278 e. The van der Waals surface area contributed by atoms with E-state index < -0.39 is 0 Å². The van der Waals surface area contributed by atoms with Gasteiger partial charge in [0, 0.05) is 34.8 Å². The molecule has 0 saturated carbocycles. The highest BCUT2D eigenvalue weighted by Gasteiger charge is 2.18. The first-order valence-corrected chi connectivity index (χ1v) is 7.25. The minimum Gasteiger partial charge on any atom is -0.304 e. The second-order valence-corrected chi connectivity index (χ2v) is 5.72. The van der Waals surface area contributed by atoms with Crippen LogP contribution in [0.1, 0.15) is 34.7 Å². The van der Waals surface area contributed by atoms with Gasteiger partial charge in [-0.1, -0.05) is 6.07 Å². The molecule has 0 bridgehead atoms. The second-order valence-electron chi connectivity index (χ2n) is 4.74. The van der Waals surface area contributed by atoms with Crippen LogP contribution in [0.3, 0.4) is 0 Å². The molecule has 0 aliphatic heterocycles. The van der Waals surface area contributed by atoms with Gasteiger partial charge in [0.25, 0.3) is 5.69 Å². The van der Waals surface area contributed by atoms with Crippen LogP contribution in [0.4, 0.5) is 5.69 Å². The van der Waals surface area contributed by atoms with Crippen LogP contribution in [0.25, 0.3) is 0 Å². The van der Waals surface area contributed by atoms with E-state index in [0.717, 1.165) is 5.69 Å². The molecule has 1 atom stereocenters. The SMILES string of the molecule is Cc1cnc(CN[C@H](C)c2cccs2)c(C)c1[N+](=O)[O-]. The molecule has 0 fully saturated rings. The van der Waals surface area contributed by atoms with E-state index in [4.69, 9.17) is 0 Å². The minimum absolute atomic E-state index is 0.167. The Morgan fingerprint density at radius 1 is 1.50 bits per heavy atom. The fourth-order valence-electron chi connectivity index (χ4n) is 2.11. The van der Waals surface area contributed by atoms with E-state index in [9.17, 15) is 10.1 Å². The molecule has 0 aliphatic rings. The number of rotatable bonds is 5. The van der Waals surface area contributed by atoms with E-state index in [-0.39, 0.29) is 16.7 Å². The van der Waals surface area contributed by atoms with Crippen LogP contribution < -0.4 is 5.32 Å². The van der Waals surface area contributed by atoms with Gasteiger partial charge in [0.2, 0.25) is 0 Å². The predicted octanol–water partition coefficient (Wildman–Crippen LogP) is 3.52. The van der Waals surface area contributed by atoms with E-state index in [1.54, 1.807) is 31.4 Å². The number of nitrogens with one attached hydrogen (secondary N) is 1. The van der Waals surface area contributed by atoms with Crippen molar-refractivity contribution in [2.75, 3.05) is 0 Å². The van der Waals surface area contributed by atoms with Crippen LogP contribution in [-0.4, -0.2) is 9.91 Å². The lowest BCUT2D eigenvalue weighted by Gasteiger charge is -2.13. The normalized spacial score (nSPS) is 12.3. The van der Waals surface area contributed by atoms with Gasteiger partial charge in [-0.15, -0.1) is 11.3 Å². The largest absolute Gasteiger partial charge is 0.304 e. The van der Waals surface area contributed by atoms with Crippen molar-refractivity contribution in [1.29, 1.82) is 0 Å². The number of pyridine rings is 1. The third-order valence-corrected chi connectivity index (χ3v) is 4.36. The zero-order valence-corrected chi connectivity index (χ0v) is 12.5. The molecule has 6 heteroatoms. The summed E-state index contributed by atoms with van der Waals surface area (Å²) in [4.78, 5) is 16.3. The Hall–Kier alpha value is -1.79. The molecule has 2 aromatic heterocycles. The van der Waals surface area contributed by atoms with Gasteiger partial charge in [0.15, 0.2) is 0 Å². The lowest BCUT2D eigenvalue weighted by molar-refractivity contribution is -0.386. The highest BCUT2D eigenvalue weighted by atomic mass is 32.1. The Labute approximate surface area is 121 Å². The fourth-order valence-corrected chi connectivity index (χ4v) is 2.87. The van der Waals surface area contributed by atoms with Gasteiger partial charge in [-0.3, -0.25) is 15.1 Å². The molecule has 5 nitrogen and oxygen atoms in total. The maximum atomic E-state index is 11.1. The number of thiophene rings is 1. The lowest BCUT2D eigenvalue weighted by Crippen LogP contribution is -2.19. The maximum absolute atomic E-state index is 11.1. The fraction of sp³-hybridized carbons (Fsp3) is 0.357. The van der Waals surface area contributed by atoms with Gasteiger partial charge in [0.1, 0.15) is 0 Å². The molecule has 0 unspecified atom stereocenters. The summed E-state index contributed by atoms with van der Waals surface area (Å²) in [6.45, 7) is 6.06. The summed E-state index contributed by atoms with van der Waals surface area (Å²) in [6, 6.07) is 4.29. The highest BCUT2D eigenvalue weighted by Crippen LogP contribution is 2.25. The Bertz CT molecular complexity index is 611. The average molecular weight is 291 g/mol. The molecule has 1 N–H and O–H groups in total. The molecule has 20 heavy (non-hydrogen) atoms. The summed E-state index contributed by atoms with van der Waals surface area (Å²) >= 11 is 1.69. The van der Waals surface area contributed by atoms with E-state index >= 15 is 0 Å². The van der Waals surface area contributed by atoms with E-state index in [1.807, 2.05) is 11.4 Å². The summed E-state index contributed by atoms with van der Waals surface area (Å²) in [5.74, 6) is 0. The van der Waals surface area contributed by atoms with Gasteiger partial charge in [0.05, 0.1) is 10.6 Å². The molecule has 0 aliphatic carbocycles. The third kappa shape index (κ3) is 3.02. The molecule has 0 amide bonds. The van der Waals surface area contributed by atoms with Crippen molar-refractivity contribution in [3.05, 3.63) is 55.5 Å². The minimum atomic E-state index is -0.335. The standard InChI is InChI=1S/C14H17N3O2S/c1-9-7-16-12(10(2)14(9)17(18)19)8-15-11(3)13-5-4-6-20-13/h4-7,11,15H,8H2,1-3H3/t11-/m1/s1. The summed E-state index contributed by atoms with van der Waals surface area (Å²) in [7, 11) is 0. The van der Waals surface area contributed by atoms with Crippen molar-refractivity contribution < 1.29 is 4.92 Å². The van der Waals surface area contributed by atoms with Crippen molar-refractivity contribution in [1.82, 2.24) is 10.3 Å². The lowest BCUT2D eigenvalue weighted by atomic mass is 10.1. The van der Waals surface area contributed by atoms with Crippen LogP contribution in [0.2, 0.25) is 0 Å². The van der Waals surface area contributed by atoms with Crippen molar-refractivity contribution in [2.24, 2.45) is 0 Å². The quantitative estimate of drug-likeness (QED) is 0.676. The van der Waals surface area contributed by atoms with Gasteiger partial charge in [-0.25, -0.2) is 0 Å². The first kappa shape index (κ1) is 14.6. The van der Waals surface area contributed by atoms with Crippen LogP contribution in [-0.2, 0) is 6.54 Å². The highest BCUT2D eigenvalue weighted by molar-refractivity contribution is 7.10. The second kappa shape index (κ2) is 6.11. The van der Waals surface area contributed by atoms with Crippen LogP contribution in [0.5, 0.6) is 0 Å². The maximum Gasteiger partial charge on any atom is 0.278 e. The first-order valence-electron chi connectivity index (χ1n) is 6.37. The molecule has 2 rings (SSSR count). The van der Waals surface area contributed by atoms with Crippen molar-refractivity contribution in [2.45, 2.75) is 33.4 Å². The van der Waals surface area contributed by atoms with Crippen LogP contribution >= 0.6 is 11.3 Å². The monoisotopic (exact) mass is 291 g/mol. The summed E-state index contributed by atoms with van der Waals surface area (Å²) < 4.78 is 0. The predicted molar refractivity (Wildman–Crippen MR) is 79.9 cm³/mol. The first-order chi connectivity index (χ1) is 9.50. The molecular formula is C14H17N3O2S. The molecule has 0 saturated heterocycles. The van der Waals surface area contributed by atoms with Crippen molar-refractivity contribution in [3.63, 3.8) is 0 Å². The van der Waals surface area contributed by atoms with Gasteiger partial charge in [-0.2, -0.15) is 0 Å². The molecule has 2 aromatic rings. The Balaban J connectivity index is 2.14. The Morgan fingerprint density at radius 2 is 2.25 bits per heavy atom. The average Bonchev–Trinajstić information content (AvgIpc) is 2.91. The third-order valence-electron chi connectivity index (χ3n) is 3.30. The molecular weight excluding hydrogens is 274 g/mol. The topological polar surface area (TPSA) is 68.1 Å². The van der Waals surface area contributed by atoms with Crippen molar-refractivity contribution >= 4 is 17.0 Å². The van der Waals surface area contributed by atoms with Gasteiger partial charge in [-0.05, 0) is 32.2 Å². The number of hydrogen-bond donors (Lipinski definition) is 1.